The lowest BCUT2D eigenvalue weighted by molar-refractivity contribution is -0.159. The summed E-state index contributed by atoms with van der Waals surface area (Å²) in [7, 11) is 0. The predicted octanol–water partition coefficient (Wildman–Crippen LogP) is 2.57. The Morgan fingerprint density at radius 1 is 1.40 bits per heavy atom. The highest BCUT2D eigenvalue weighted by atomic mass is 35.5. The van der Waals surface area contributed by atoms with Crippen molar-refractivity contribution in [2.24, 2.45) is 0 Å². The number of carbonyl (C=O) groups is 2. The molecule has 1 heterocycles. The minimum Gasteiger partial charge on any atom is -0.342 e. The fourth-order valence-electron chi connectivity index (χ4n) is 3.30. The average Bonchev–Trinajstić information content (AvgIpc) is 2.48. The Kier molecular flexibility index (Phi) is 4.74. The molecule has 0 aromatic carbocycles. The monoisotopic (exact) mass is 298 g/mol. The first kappa shape index (κ1) is 15.4. The second-order valence-corrected chi connectivity index (χ2v) is 6.12. The van der Waals surface area contributed by atoms with Gasteiger partial charge in [0.25, 0.3) is 0 Å². The highest BCUT2D eigenvalue weighted by Gasteiger charge is 2.52. The van der Waals surface area contributed by atoms with E-state index in [-0.39, 0.29) is 11.8 Å². The lowest BCUT2D eigenvalue weighted by Gasteiger charge is -2.50. The van der Waals surface area contributed by atoms with E-state index in [9.17, 15) is 9.59 Å². The summed E-state index contributed by atoms with van der Waals surface area (Å²) in [6.45, 7) is 4.26. The van der Waals surface area contributed by atoms with Crippen LogP contribution in [0.15, 0.2) is 11.1 Å². The molecule has 20 heavy (non-hydrogen) atoms. The molecule has 1 aliphatic heterocycles. The van der Waals surface area contributed by atoms with Crippen molar-refractivity contribution in [2.75, 3.05) is 6.54 Å². The van der Waals surface area contributed by atoms with E-state index in [1.807, 2.05) is 13.8 Å². The summed E-state index contributed by atoms with van der Waals surface area (Å²) in [6.07, 6.45) is 5.28. The first-order valence-electron chi connectivity index (χ1n) is 7.43. The Balaban J connectivity index is 2.34. The van der Waals surface area contributed by atoms with Gasteiger partial charge < -0.3 is 10.2 Å². The van der Waals surface area contributed by atoms with E-state index in [1.165, 1.54) is 5.54 Å². The van der Waals surface area contributed by atoms with Crippen molar-refractivity contribution < 1.29 is 9.59 Å². The third kappa shape index (κ3) is 2.58. The van der Waals surface area contributed by atoms with Crippen LogP contribution < -0.4 is 5.32 Å². The number of amides is 2. The quantitative estimate of drug-likeness (QED) is 0.870. The molecule has 1 spiro atoms. The van der Waals surface area contributed by atoms with Gasteiger partial charge in [0.05, 0.1) is 0 Å². The molecule has 2 rings (SSSR count). The molecule has 0 bridgehead atoms. The third-order valence-corrected chi connectivity index (χ3v) is 4.86. The molecule has 1 saturated carbocycles. The Morgan fingerprint density at radius 3 is 2.60 bits per heavy atom. The zero-order valence-corrected chi connectivity index (χ0v) is 13.0. The maximum Gasteiger partial charge on any atom is 0.246 e. The molecule has 4 nitrogen and oxygen atoms in total. The summed E-state index contributed by atoms with van der Waals surface area (Å²) in [5, 5.41) is 2.92. The number of hydrogen-bond acceptors (Lipinski definition) is 2. The van der Waals surface area contributed by atoms with Crippen LogP contribution in [0, 0.1) is 0 Å². The van der Waals surface area contributed by atoms with Gasteiger partial charge in [0.1, 0.15) is 11.6 Å². The van der Waals surface area contributed by atoms with E-state index >= 15 is 0 Å². The molecule has 0 aromatic rings. The van der Waals surface area contributed by atoms with Gasteiger partial charge in [-0.2, -0.15) is 0 Å². The van der Waals surface area contributed by atoms with Crippen molar-refractivity contribution in [3.05, 3.63) is 11.1 Å². The molecule has 1 atom stereocenters. The molecule has 2 amide bonds. The Bertz CT molecular complexity index is 428. The van der Waals surface area contributed by atoms with Crippen molar-refractivity contribution in [1.29, 1.82) is 0 Å². The Morgan fingerprint density at radius 2 is 2.05 bits per heavy atom. The topological polar surface area (TPSA) is 49.4 Å². The summed E-state index contributed by atoms with van der Waals surface area (Å²) in [5.74, 6) is 0.0536. The van der Waals surface area contributed by atoms with Crippen molar-refractivity contribution in [3.8, 4) is 0 Å². The minimum absolute atomic E-state index is 0.0195. The molecule has 1 N–H and O–H groups in total. The molecule has 112 valence electrons. The fourth-order valence-corrected chi connectivity index (χ4v) is 3.37. The number of hydrogen-bond donors (Lipinski definition) is 1. The van der Waals surface area contributed by atoms with Crippen LogP contribution in [0.1, 0.15) is 52.4 Å². The number of carbonyl (C=O) groups excluding carboxylic acids is 2. The van der Waals surface area contributed by atoms with Crippen molar-refractivity contribution in [3.63, 3.8) is 0 Å². The zero-order valence-electron chi connectivity index (χ0n) is 12.2. The first-order valence-corrected chi connectivity index (χ1v) is 7.87. The summed E-state index contributed by atoms with van der Waals surface area (Å²) in [5.41, 5.74) is 1.76. The van der Waals surface area contributed by atoms with E-state index in [0.29, 0.717) is 13.0 Å². The van der Waals surface area contributed by atoms with E-state index in [1.54, 1.807) is 4.90 Å². The maximum absolute atomic E-state index is 12.7. The molecule has 1 aliphatic carbocycles. The van der Waals surface area contributed by atoms with Gasteiger partial charge in [0.2, 0.25) is 11.8 Å². The number of rotatable bonds is 3. The van der Waals surface area contributed by atoms with Gasteiger partial charge in [-0.05, 0) is 31.8 Å². The normalized spacial score (nSPS) is 26.9. The highest BCUT2D eigenvalue weighted by Crippen LogP contribution is 2.37. The van der Waals surface area contributed by atoms with Crippen molar-refractivity contribution >= 4 is 23.4 Å². The number of nitrogens with one attached hydrogen (secondary N) is 1. The molecule has 1 unspecified atom stereocenters. The van der Waals surface area contributed by atoms with Crippen LogP contribution in [0.2, 0.25) is 0 Å². The van der Waals surface area contributed by atoms with E-state index in [4.69, 9.17) is 11.6 Å². The van der Waals surface area contributed by atoms with E-state index < -0.39 is 11.6 Å². The van der Waals surface area contributed by atoms with Gasteiger partial charge in [-0.1, -0.05) is 37.8 Å². The molecule has 0 aromatic heterocycles. The molecule has 2 aliphatic rings. The van der Waals surface area contributed by atoms with Crippen LogP contribution in [0.25, 0.3) is 0 Å². The van der Waals surface area contributed by atoms with Crippen LogP contribution in [-0.4, -0.2) is 34.8 Å². The van der Waals surface area contributed by atoms with Crippen LogP contribution >= 0.6 is 11.6 Å². The van der Waals surface area contributed by atoms with Crippen LogP contribution in [0.4, 0.5) is 0 Å². The van der Waals surface area contributed by atoms with Crippen molar-refractivity contribution in [2.45, 2.75) is 64.0 Å². The smallest absolute Gasteiger partial charge is 0.246 e. The van der Waals surface area contributed by atoms with Crippen LogP contribution in [-0.2, 0) is 9.59 Å². The number of nitrogens with zero attached hydrogens (tertiary/aromatic N) is 1. The third-order valence-electron chi connectivity index (χ3n) is 4.49. The maximum atomic E-state index is 12.7. The molecule has 0 radical (unpaired) electrons. The van der Waals surface area contributed by atoms with Gasteiger partial charge in [-0.25, -0.2) is 0 Å². The van der Waals surface area contributed by atoms with Crippen molar-refractivity contribution in [1.82, 2.24) is 10.2 Å². The summed E-state index contributed by atoms with van der Waals surface area (Å²) < 4.78 is 0. The molecule has 5 heteroatoms. The molecule has 2 fully saturated rings. The minimum atomic E-state index is -0.651. The molecular weight excluding hydrogens is 276 g/mol. The largest absolute Gasteiger partial charge is 0.342 e. The fraction of sp³-hybridized carbons (Fsp3) is 0.733. The van der Waals surface area contributed by atoms with Crippen LogP contribution in [0.5, 0.6) is 0 Å². The lowest BCUT2D eigenvalue weighted by Crippen LogP contribution is -2.71. The predicted molar refractivity (Wildman–Crippen MR) is 79.4 cm³/mol. The zero-order chi connectivity index (χ0) is 14.8. The van der Waals surface area contributed by atoms with E-state index in [0.717, 1.165) is 37.7 Å². The van der Waals surface area contributed by atoms with Gasteiger partial charge in [-0.3, -0.25) is 9.59 Å². The first-order chi connectivity index (χ1) is 9.55. The lowest BCUT2D eigenvalue weighted by atomic mass is 9.77. The SMILES string of the molecule is CCC1NC(=O)C2(CCCCC2)N(CC(C)=CCl)C1=O. The standard InChI is InChI=1S/C15H23ClN2O2/c1-3-12-13(19)18(10-11(2)9-16)15(14(20)17-12)7-5-4-6-8-15/h9,12H,3-8,10H2,1-2H3,(H,17,20). The van der Waals surface area contributed by atoms with Gasteiger partial charge in [0, 0.05) is 12.1 Å². The number of piperazine rings is 1. The van der Waals surface area contributed by atoms with Gasteiger partial charge in [0.15, 0.2) is 0 Å². The van der Waals surface area contributed by atoms with Gasteiger partial charge >= 0.3 is 0 Å². The molecular formula is C15H23ClN2O2. The summed E-state index contributed by atoms with van der Waals surface area (Å²) >= 11 is 5.75. The summed E-state index contributed by atoms with van der Waals surface area (Å²) in [6, 6.07) is -0.391. The average molecular weight is 299 g/mol. The van der Waals surface area contributed by atoms with E-state index in [2.05, 4.69) is 5.32 Å². The Labute approximate surface area is 125 Å². The second kappa shape index (κ2) is 6.17. The van der Waals surface area contributed by atoms with Crippen LogP contribution in [0.3, 0.4) is 0 Å². The highest BCUT2D eigenvalue weighted by molar-refractivity contribution is 6.25. The molecule has 1 saturated heterocycles. The summed E-state index contributed by atoms with van der Waals surface area (Å²) in [4.78, 5) is 27.1. The van der Waals surface area contributed by atoms with Gasteiger partial charge in [-0.15, -0.1) is 0 Å². The Hall–Kier alpha value is -1.03. The second-order valence-electron chi connectivity index (χ2n) is 5.91. The number of halogens is 1.